The third-order valence-corrected chi connectivity index (χ3v) is 11.2. The number of rotatable bonds is 22. The fourth-order valence-electron chi connectivity index (χ4n) is 6.34. The maximum atomic E-state index is 11.4. The minimum Gasteiger partial charge on any atom is -0.493 e. The molecular weight excluding hydrogens is 777 g/mol. The van der Waals surface area contributed by atoms with E-state index < -0.39 is 0 Å². The highest BCUT2D eigenvalue weighted by atomic mass is 32.2. The minimum absolute atomic E-state index is 0.0881. The number of hydrogen-bond acceptors (Lipinski definition) is 6. The largest absolute Gasteiger partial charge is 0.493 e. The lowest BCUT2D eigenvalue weighted by molar-refractivity contribution is -0.109. The van der Waals surface area contributed by atoms with Gasteiger partial charge in [0.1, 0.15) is 11.5 Å². The Labute approximate surface area is 366 Å². The summed E-state index contributed by atoms with van der Waals surface area (Å²) >= 11 is 2.50. The van der Waals surface area contributed by atoms with Gasteiger partial charge in [0.15, 0.2) is 10.2 Å². The lowest BCUT2D eigenvalue weighted by Gasteiger charge is -2.15. The number of hydrogen-bond donors (Lipinski definition) is 0. The molecule has 0 aliphatic rings. The van der Waals surface area contributed by atoms with E-state index in [4.69, 9.17) is 9.47 Å². The highest BCUT2D eigenvalue weighted by molar-refractivity contribution is 8.13. The fraction of sp³-hybridized carbons (Fsp3) is 0.259. The summed E-state index contributed by atoms with van der Waals surface area (Å²) in [6, 6.07) is 37.3. The summed E-state index contributed by atoms with van der Waals surface area (Å²) in [6.45, 7) is 8.95. The Bertz CT molecular complexity index is 2050. The van der Waals surface area contributed by atoms with Crippen LogP contribution in [0.3, 0.4) is 0 Å². The minimum atomic E-state index is 0.0881. The number of ether oxygens (including phenoxy) is 2. The predicted octanol–water partition coefficient (Wildman–Crippen LogP) is 15.6. The van der Waals surface area contributed by atoms with Gasteiger partial charge in [-0.15, -0.1) is 0 Å². The average Bonchev–Trinajstić information content (AvgIpc) is 3.25. The van der Waals surface area contributed by atoms with E-state index in [1.807, 2.05) is 48.5 Å². The Kier molecular flexibility index (Phi) is 19.3. The van der Waals surface area contributed by atoms with Crippen molar-refractivity contribution < 1.29 is 19.1 Å². The fourth-order valence-corrected chi connectivity index (χ4v) is 7.55. The van der Waals surface area contributed by atoms with Gasteiger partial charge in [-0.05, 0) is 82.6 Å². The normalized spacial score (nSPS) is 11.7. The van der Waals surface area contributed by atoms with E-state index in [1.165, 1.54) is 49.2 Å². The van der Waals surface area contributed by atoms with Gasteiger partial charge in [0.25, 0.3) is 0 Å². The molecule has 0 unspecified atom stereocenters. The number of benzene rings is 5. The molecular formula is C54H58O4S2. The Hall–Kier alpha value is -5.30. The highest BCUT2D eigenvalue weighted by Gasteiger charge is 2.11. The van der Waals surface area contributed by atoms with Crippen molar-refractivity contribution in [3.05, 3.63) is 154 Å². The van der Waals surface area contributed by atoms with Crippen LogP contribution in [0.5, 0.6) is 11.5 Å². The molecule has 0 spiro atoms. The van der Waals surface area contributed by atoms with Crippen LogP contribution >= 0.6 is 23.5 Å². The molecule has 4 nitrogen and oxygen atoms in total. The number of unbranched alkanes of at least 4 members (excludes halogenated alkanes) is 6. The second kappa shape index (κ2) is 25.4. The molecule has 0 aliphatic carbocycles. The smallest absolute Gasteiger partial charge is 0.190 e. The summed E-state index contributed by atoms with van der Waals surface area (Å²) in [6.07, 6.45) is 26.0. The van der Waals surface area contributed by atoms with Gasteiger partial charge >= 0.3 is 0 Å². The Morgan fingerprint density at radius 3 is 0.983 bits per heavy atom. The first-order valence-electron chi connectivity index (χ1n) is 21.2. The van der Waals surface area contributed by atoms with E-state index in [9.17, 15) is 9.59 Å². The first kappa shape index (κ1) is 45.8. The number of carbonyl (C=O) groups excluding carboxylic acids is 2. The topological polar surface area (TPSA) is 52.6 Å². The lowest BCUT2D eigenvalue weighted by atomic mass is 10.0. The summed E-state index contributed by atoms with van der Waals surface area (Å²) < 4.78 is 13.0. The molecule has 0 amide bonds. The van der Waals surface area contributed by atoms with Crippen LogP contribution in [0.1, 0.15) is 124 Å². The van der Waals surface area contributed by atoms with E-state index in [2.05, 4.69) is 123 Å². The van der Waals surface area contributed by atoms with Gasteiger partial charge in [-0.1, -0.05) is 197 Å². The van der Waals surface area contributed by atoms with E-state index >= 15 is 0 Å². The maximum Gasteiger partial charge on any atom is 0.190 e. The molecule has 0 N–H and O–H groups in total. The van der Waals surface area contributed by atoms with Crippen molar-refractivity contribution in [3.8, 4) is 11.5 Å². The Balaban J connectivity index is 1.34. The number of carbonyl (C=O) groups is 2. The van der Waals surface area contributed by atoms with Gasteiger partial charge in [0, 0.05) is 34.8 Å². The average molecular weight is 835 g/mol. The molecule has 5 rings (SSSR count). The van der Waals surface area contributed by atoms with E-state index in [0.717, 1.165) is 91.5 Å². The summed E-state index contributed by atoms with van der Waals surface area (Å²) in [5.74, 6) is 1.70. The lowest BCUT2D eigenvalue weighted by Crippen LogP contribution is -2.03. The highest BCUT2D eigenvalue weighted by Crippen LogP contribution is 2.33. The van der Waals surface area contributed by atoms with Crippen LogP contribution in [-0.4, -0.2) is 23.4 Å². The van der Waals surface area contributed by atoms with Crippen molar-refractivity contribution in [2.45, 2.75) is 88.9 Å². The molecule has 0 radical (unpaired) electrons. The SMILES string of the molecule is CCCCCCOc1cc(/C=C/c2ccc(/C=C/c3ccc(SC(C)=O)cc3)cc2)c(OCCCCCC)cc1/C=C/c1ccc(/C=C/c2ccc(SC(C)=O)cc2)cc1. The Morgan fingerprint density at radius 1 is 0.417 bits per heavy atom. The zero-order valence-corrected chi connectivity index (χ0v) is 37.2. The van der Waals surface area contributed by atoms with Crippen LogP contribution < -0.4 is 9.47 Å². The quantitative estimate of drug-likeness (QED) is 0.0393. The standard InChI is InChI=1S/C54H58O4S2/c1-5-7-9-11-37-57-53-39-50(32-26-46-21-15-44(16-22-46)18-24-48-29-35-52(36-30-48)60-42(4)56)54(58-38-12-10-8-6-2)40-49(53)31-25-45-19-13-43(14-20-45)17-23-47-27-33-51(34-28-47)59-41(3)55/h13-36,39-40H,5-12,37-38H2,1-4H3/b23-17+,24-18+,31-25+,32-26+. The maximum absolute atomic E-state index is 11.4. The van der Waals surface area contributed by atoms with E-state index in [1.54, 1.807) is 13.8 Å². The first-order valence-corrected chi connectivity index (χ1v) is 22.8. The van der Waals surface area contributed by atoms with Crippen LogP contribution in [-0.2, 0) is 9.59 Å². The van der Waals surface area contributed by atoms with Crippen molar-refractivity contribution in [2.24, 2.45) is 0 Å². The van der Waals surface area contributed by atoms with Gasteiger partial charge in [0.2, 0.25) is 0 Å². The molecule has 0 aliphatic heterocycles. The van der Waals surface area contributed by atoms with Crippen molar-refractivity contribution in [3.63, 3.8) is 0 Å². The monoisotopic (exact) mass is 834 g/mol. The molecule has 0 saturated carbocycles. The third kappa shape index (κ3) is 16.4. The van der Waals surface area contributed by atoms with Gasteiger partial charge in [0.05, 0.1) is 13.2 Å². The third-order valence-electron chi connectivity index (χ3n) is 9.66. The zero-order chi connectivity index (χ0) is 42.4. The molecule has 60 heavy (non-hydrogen) atoms. The van der Waals surface area contributed by atoms with Gasteiger partial charge in [-0.3, -0.25) is 9.59 Å². The van der Waals surface area contributed by atoms with Gasteiger partial charge in [-0.25, -0.2) is 0 Å². The van der Waals surface area contributed by atoms with Crippen molar-refractivity contribution in [2.75, 3.05) is 13.2 Å². The van der Waals surface area contributed by atoms with E-state index in [-0.39, 0.29) is 10.2 Å². The zero-order valence-electron chi connectivity index (χ0n) is 35.5. The number of thioether (sulfide) groups is 2. The summed E-state index contributed by atoms with van der Waals surface area (Å²) in [4.78, 5) is 24.7. The summed E-state index contributed by atoms with van der Waals surface area (Å²) in [7, 11) is 0. The molecule has 5 aromatic rings. The van der Waals surface area contributed by atoms with Crippen molar-refractivity contribution in [1.29, 1.82) is 0 Å². The summed E-state index contributed by atoms with van der Waals surface area (Å²) in [5, 5.41) is 0.176. The molecule has 0 heterocycles. The van der Waals surface area contributed by atoms with Crippen LogP contribution in [0.25, 0.3) is 48.6 Å². The molecule has 0 fully saturated rings. The van der Waals surface area contributed by atoms with Crippen molar-refractivity contribution >= 4 is 82.4 Å². The second-order valence-electron chi connectivity index (χ2n) is 14.7. The van der Waals surface area contributed by atoms with E-state index in [0.29, 0.717) is 13.2 Å². The van der Waals surface area contributed by atoms with Gasteiger partial charge < -0.3 is 9.47 Å². The van der Waals surface area contributed by atoms with Crippen LogP contribution in [0, 0.1) is 0 Å². The molecule has 0 aromatic heterocycles. The van der Waals surface area contributed by atoms with Crippen LogP contribution in [0.15, 0.2) is 119 Å². The second-order valence-corrected chi connectivity index (χ2v) is 17.2. The molecule has 6 heteroatoms. The Morgan fingerprint density at radius 2 is 0.700 bits per heavy atom. The molecule has 0 saturated heterocycles. The van der Waals surface area contributed by atoms with Crippen LogP contribution in [0.2, 0.25) is 0 Å². The first-order chi connectivity index (χ1) is 29.3. The molecule has 0 atom stereocenters. The molecule has 310 valence electrons. The summed E-state index contributed by atoms with van der Waals surface area (Å²) in [5.41, 5.74) is 8.56. The predicted molar refractivity (Wildman–Crippen MR) is 260 cm³/mol. The van der Waals surface area contributed by atoms with Crippen LogP contribution in [0.4, 0.5) is 0 Å². The van der Waals surface area contributed by atoms with Gasteiger partial charge in [-0.2, -0.15) is 0 Å². The molecule has 5 aromatic carbocycles. The molecule has 0 bridgehead atoms. The van der Waals surface area contributed by atoms with Crippen molar-refractivity contribution in [1.82, 2.24) is 0 Å².